The van der Waals surface area contributed by atoms with Gasteiger partial charge in [0.05, 0.1) is 37.9 Å². The van der Waals surface area contributed by atoms with Crippen molar-refractivity contribution in [2.45, 2.75) is 91.1 Å². The molecule has 3 aliphatic carbocycles. The van der Waals surface area contributed by atoms with Gasteiger partial charge in [0, 0.05) is 40.1 Å². The van der Waals surface area contributed by atoms with E-state index in [1.807, 2.05) is 26.8 Å². The van der Waals surface area contributed by atoms with Crippen LogP contribution in [-0.2, 0) is 38.1 Å². The lowest BCUT2D eigenvalue weighted by Gasteiger charge is -2.65. The summed E-state index contributed by atoms with van der Waals surface area (Å²) >= 11 is 0. The molecule has 5 fully saturated rings. The highest BCUT2D eigenvalue weighted by Crippen LogP contribution is 2.77. The minimum Gasteiger partial charge on any atom is -0.472 e. The molecule has 10 atom stereocenters. The maximum atomic E-state index is 14.6. The maximum absolute atomic E-state index is 14.6. The first kappa shape index (κ1) is 27.5. The third-order valence-electron chi connectivity index (χ3n) is 11.5. The summed E-state index contributed by atoms with van der Waals surface area (Å²) in [5, 5.41) is 0. The van der Waals surface area contributed by atoms with Crippen LogP contribution in [0.25, 0.3) is 0 Å². The van der Waals surface area contributed by atoms with E-state index in [9.17, 15) is 19.2 Å². The van der Waals surface area contributed by atoms with E-state index in [2.05, 4.69) is 6.92 Å². The summed E-state index contributed by atoms with van der Waals surface area (Å²) in [6.45, 7) is 11.6. The average molecular weight is 557 g/mol. The van der Waals surface area contributed by atoms with E-state index >= 15 is 0 Å². The quantitative estimate of drug-likeness (QED) is 0.294. The third-order valence-corrected chi connectivity index (χ3v) is 11.5. The Hall–Kier alpha value is -2.68. The van der Waals surface area contributed by atoms with Crippen molar-refractivity contribution in [1.82, 2.24) is 0 Å². The molecule has 1 aromatic rings. The normalized spacial score (nSPS) is 44.5. The third kappa shape index (κ3) is 3.36. The van der Waals surface area contributed by atoms with E-state index in [4.69, 9.17) is 23.4 Å². The van der Waals surface area contributed by atoms with Crippen LogP contribution in [0.3, 0.4) is 0 Å². The minimum absolute atomic E-state index is 0.0150. The zero-order valence-corrected chi connectivity index (χ0v) is 24.4. The highest BCUT2D eigenvalue weighted by Gasteiger charge is 2.86. The molecule has 9 nitrogen and oxygen atoms in total. The van der Waals surface area contributed by atoms with Gasteiger partial charge >= 0.3 is 17.9 Å². The summed E-state index contributed by atoms with van der Waals surface area (Å²) in [7, 11) is 1.35. The number of fused-ring (bicyclic) bond motifs is 5. The monoisotopic (exact) mass is 556 g/mol. The van der Waals surface area contributed by atoms with Crippen molar-refractivity contribution in [2.75, 3.05) is 7.11 Å². The van der Waals surface area contributed by atoms with Gasteiger partial charge in [-0.3, -0.25) is 19.2 Å². The second-order valence-electron chi connectivity index (χ2n) is 14.0. The highest BCUT2D eigenvalue weighted by molar-refractivity contribution is 5.93. The summed E-state index contributed by atoms with van der Waals surface area (Å²) in [4.78, 5) is 53.5. The van der Waals surface area contributed by atoms with Gasteiger partial charge in [0.15, 0.2) is 0 Å². The number of esters is 3. The zero-order valence-electron chi connectivity index (χ0n) is 24.4. The van der Waals surface area contributed by atoms with Crippen molar-refractivity contribution < 1.29 is 42.5 Å². The minimum atomic E-state index is -0.941. The number of furan rings is 1. The van der Waals surface area contributed by atoms with Crippen LogP contribution in [0.2, 0.25) is 0 Å². The maximum Gasteiger partial charge on any atom is 0.308 e. The Bertz CT molecular complexity index is 1250. The number of hydrogen-bond donors (Lipinski definition) is 0. The molecule has 1 unspecified atom stereocenters. The predicted molar refractivity (Wildman–Crippen MR) is 139 cm³/mol. The molecule has 0 radical (unpaired) electrons. The number of rotatable bonds is 5. The second kappa shape index (κ2) is 8.66. The number of carbonyl (C=O) groups excluding carboxylic acids is 4. The second-order valence-corrected chi connectivity index (χ2v) is 14.0. The molecular formula is C31H40O9. The average Bonchev–Trinajstić information content (AvgIpc) is 3.35. The predicted octanol–water partition coefficient (Wildman–Crippen LogP) is 4.43. The van der Waals surface area contributed by atoms with Gasteiger partial charge in [0.1, 0.15) is 29.7 Å². The summed E-state index contributed by atoms with van der Waals surface area (Å²) in [5.74, 6) is -3.09. The molecule has 1 aromatic heterocycles. The van der Waals surface area contributed by atoms with Crippen molar-refractivity contribution in [3.63, 3.8) is 0 Å². The summed E-state index contributed by atoms with van der Waals surface area (Å²) < 4.78 is 29.3. The number of Topliss-reactive ketones (excluding diaryl/α,β-unsaturated/α-hetero) is 1. The summed E-state index contributed by atoms with van der Waals surface area (Å²) in [5.41, 5.74) is -2.07. The van der Waals surface area contributed by atoms with Crippen molar-refractivity contribution in [2.24, 2.45) is 45.8 Å². The molecule has 5 aliphatic rings. The van der Waals surface area contributed by atoms with Crippen LogP contribution in [0.4, 0.5) is 0 Å². The summed E-state index contributed by atoms with van der Waals surface area (Å²) in [6, 6.07) is 1.83. The van der Waals surface area contributed by atoms with E-state index in [0.29, 0.717) is 12.8 Å². The van der Waals surface area contributed by atoms with Crippen LogP contribution in [0.15, 0.2) is 23.0 Å². The van der Waals surface area contributed by atoms with Crippen molar-refractivity contribution in [3.05, 3.63) is 24.2 Å². The molecule has 2 saturated heterocycles. The molecular weight excluding hydrogens is 516 g/mol. The van der Waals surface area contributed by atoms with E-state index in [-0.39, 0.29) is 42.3 Å². The molecule has 218 valence electrons. The van der Waals surface area contributed by atoms with Gasteiger partial charge in [-0.1, -0.05) is 41.5 Å². The Labute approximate surface area is 234 Å². The van der Waals surface area contributed by atoms with Gasteiger partial charge in [0.2, 0.25) is 0 Å². The lowest BCUT2D eigenvalue weighted by Crippen LogP contribution is -2.72. The van der Waals surface area contributed by atoms with Gasteiger partial charge in [-0.25, -0.2) is 0 Å². The van der Waals surface area contributed by atoms with Crippen molar-refractivity contribution in [1.29, 1.82) is 0 Å². The molecule has 0 N–H and O–H groups in total. The van der Waals surface area contributed by atoms with E-state index in [1.54, 1.807) is 26.4 Å². The Morgan fingerprint density at radius 1 is 1.12 bits per heavy atom. The Morgan fingerprint density at radius 3 is 2.48 bits per heavy atom. The number of epoxide rings is 1. The van der Waals surface area contributed by atoms with Gasteiger partial charge in [0.25, 0.3) is 0 Å². The van der Waals surface area contributed by atoms with Crippen LogP contribution < -0.4 is 0 Å². The standard InChI is InChI=1S/C31H40O9/c1-15(2)27(35)39-25-22-23(34)30(6,18(28(25,3)4)12-20(32)36-7)17-8-10-29(5)19(31(17)26(22)40-31)13-21(33)38-24(29)16-9-11-37-14-16/h9,11,14-15,17-19,22,24-26H,8,10,12-13H2,1-7H3/t17-,18+,19-,22?,24+,25-,26-,29-,30-,31-/m1/s1. The number of ketones is 1. The van der Waals surface area contributed by atoms with E-state index < -0.39 is 63.9 Å². The molecule has 6 rings (SSSR count). The van der Waals surface area contributed by atoms with Crippen molar-refractivity contribution >= 4 is 23.7 Å². The topological polar surface area (TPSA) is 122 Å². The fourth-order valence-electron chi connectivity index (χ4n) is 9.57. The van der Waals surface area contributed by atoms with Crippen molar-refractivity contribution in [3.8, 4) is 0 Å². The Balaban J connectivity index is 1.49. The molecule has 3 heterocycles. The Morgan fingerprint density at radius 2 is 1.85 bits per heavy atom. The molecule has 2 bridgehead atoms. The number of carbonyl (C=O) groups is 4. The first-order valence-corrected chi connectivity index (χ1v) is 14.5. The van der Waals surface area contributed by atoms with Gasteiger partial charge < -0.3 is 23.4 Å². The molecule has 1 spiro atoms. The fourth-order valence-corrected chi connectivity index (χ4v) is 9.57. The number of methoxy groups -OCH3 is 1. The number of hydrogen-bond acceptors (Lipinski definition) is 9. The van der Waals surface area contributed by atoms with Gasteiger partial charge in [-0.15, -0.1) is 0 Å². The SMILES string of the molecule is COC(=O)C[C@H]1C(C)(C)[C@H](OC(=O)C(C)C)C2C(=O)[C@]1(C)[C@H]1CC[C@]3(C)[C@@H](CC(=O)O[C@H]3c3ccoc3)[C@]13O[C@H]23. The van der Waals surface area contributed by atoms with Crippen LogP contribution >= 0.6 is 0 Å². The number of cyclic esters (lactones) is 1. The lowest BCUT2D eigenvalue weighted by molar-refractivity contribution is -0.222. The Kier molecular flexibility index (Phi) is 5.95. The number of ether oxygens (including phenoxy) is 4. The molecule has 0 amide bonds. The van der Waals surface area contributed by atoms with Gasteiger partial charge in [-0.05, 0) is 24.8 Å². The van der Waals surface area contributed by atoms with Crippen LogP contribution in [0.5, 0.6) is 0 Å². The van der Waals surface area contributed by atoms with E-state index in [1.165, 1.54) is 7.11 Å². The fraction of sp³-hybridized carbons (Fsp3) is 0.742. The molecule has 3 saturated carbocycles. The first-order valence-electron chi connectivity index (χ1n) is 14.5. The van der Waals surface area contributed by atoms with Gasteiger partial charge in [-0.2, -0.15) is 0 Å². The smallest absolute Gasteiger partial charge is 0.308 e. The van der Waals surface area contributed by atoms with Crippen LogP contribution in [-0.4, -0.2) is 48.6 Å². The lowest BCUT2D eigenvalue weighted by atomic mass is 9.37. The molecule has 2 aliphatic heterocycles. The highest BCUT2D eigenvalue weighted by atomic mass is 16.6. The molecule has 9 heteroatoms. The van der Waals surface area contributed by atoms with E-state index in [0.717, 1.165) is 5.56 Å². The summed E-state index contributed by atoms with van der Waals surface area (Å²) in [6.07, 6.45) is 3.02. The first-order chi connectivity index (χ1) is 18.7. The van der Waals surface area contributed by atoms with Crippen LogP contribution in [0.1, 0.15) is 78.9 Å². The molecule has 0 aromatic carbocycles. The molecule has 40 heavy (non-hydrogen) atoms. The largest absolute Gasteiger partial charge is 0.472 e. The van der Waals surface area contributed by atoms with Crippen LogP contribution in [0, 0.1) is 45.8 Å². The zero-order chi connectivity index (χ0) is 29.0.